The number of amides is 2. The molecule has 0 radical (unpaired) electrons. The highest BCUT2D eigenvalue weighted by molar-refractivity contribution is 6.06. The first kappa shape index (κ1) is 17.9. The predicted molar refractivity (Wildman–Crippen MR) is 104 cm³/mol. The van der Waals surface area contributed by atoms with Crippen LogP contribution >= 0.6 is 0 Å². The van der Waals surface area contributed by atoms with Gasteiger partial charge >= 0.3 is 0 Å². The lowest BCUT2D eigenvalue weighted by atomic mass is 10.1. The molecule has 28 heavy (non-hydrogen) atoms. The molecule has 0 spiro atoms. The van der Waals surface area contributed by atoms with Crippen molar-refractivity contribution in [2.45, 2.75) is 18.6 Å². The molecule has 2 amide bonds. The fourth-order valence-electron chi connectivity index (χ4n) is 3.56. The Labute approximate surface area is 162 Å². The second kappa shape index (κ2) is 7.64. The molecule has 1 fully saturated rings. The van der Waals surface area contributed by atoms with Gasteiger partial charge in [-0.3, -0.25) is 19.6 Å². The van der Waals surface area contributed by atoms with Gasteiger partial charge in [0.1, 0.15) is 23.6 Å². The summed E-state index contributed by atoms with van der Waals surface area (Å²) in [7, 11) is 1.57. The fraction of sp³-hybridized carbons (Fsp3) is 0.238. The average Bonchev–Trinajstić information content (AvgIpc) is 3.16. The van der Waals surface area contributed by atoms with E-state index in [0.29, 0.717) is 24.4 Å². The van der Waals surface area contributed by atoms with Crippen LogP contribution in [0.3, 0.4) is 0 Å². The first-order valence-electron chi connectivity index (χ1n) is 9.10. The van der Waals surface area contributed by atoms with Gasteiger partial charge in [0, 0.05) is 31.2 Å². The number of likely N-dealkylation sites (tertiary alicyclic amines) is 1. The molecular formula is C21H20N4O3. The number of fused-ring (bicyclic) bond motifs is 1. The molecule has 3 heterocycles. The van der Waals surface area contributed by atoms with Gasteiger partial charge in [-0.2, -0.15) is 0 Å². The maximum Gasteiger partial charge on any atom is 0.273 e. The molecule has 1 aliphatic rings. The smallest absolute Gasteiger partial charge is 0.273 e. The summed E-state index contributed by atoms with van der Waals surface area (Å²) in [5, 5.41) is 4.34. The lowest BCUT2D eigenvalue weighted by Gasteiger charge is -2.23. The molecule has 2 aromatic heterocycles. The highest BCUT2D eigenvalue weighted by Gasteiger charge is 2.41. The predicted octanol–water partition coefficient (Wildman–Crippen LogP) is 2.04. The first-order chi connectivity index (χ1) is 13.7. The second-order valence-corrected chi connectivity index (χ2v) is 6.63. The van der Waals surface area contributed by atoms with Crippen molar-refractivity contribution >= 4 is 22.6 Å². The summed E-state index contributed by atoms with van der Waals surface area (Å²) < 4.78 is 5.95. The summed E-state index contributed by atoms with van der Waals surface area (Å²) in [5.41, 5.74) is 0.342. The summed E-state index contributed by atoms with van der Waals surface area (Å²) in [4.78, 5) is 35.6. The third kappa shape index (κ3) is 3.38. The first-order valence-corrected chi connectivity index (χ1v) is 9.10. The van der Waals surface area contributed by atoms with Gasteiger partial charge in [-0.05, 0) is 23.6 Å². The van der Waals surface area contributed by atoms with Crippen LogP contribution in [0.1, 0.15) is 16.9 Å². The van der Waals surface area contributed by atoms with Gasteiger partial charge in [-0.1, -0.05) is 24.3 Å². The zero-order valence-electron chi connectivity index (χ0n) is 15.4. The van der Waals surface area contributed by atoms with Crippen LogP contribution in [-0.2, 0) is 4.79 Å². The number of rotatable bonds is 4. The minimum Gasteiger partial charge on any atom is -0.487 e. The number of carbonyl (C=O) groups excluding carboxylic acids is 2. The van der Waals surface area contributed by atoms with Crippen molar-refractivity contribution in [2.24, 2.45) is 0 Å². The van der Waals surface area contributed by atoms with Gasteiger partial charge in [0.2, 0.25) is 5.91 Å². The van der Waals surface area contributed by atoms with Gasteiger partial charge < -0.3 is 15.0 Å². The van der Waals surface area contributed by atoms with E-state index in [2.05, 4.69) is 15.3 Å². The third-order valence-corrected chi connectivity index (χ3v) is 4.89. The molecule has 0 aliphatic carbocycles. The standard InChI is InChI=1S/C21H20N4O3/c1-22-20(26)18-11-16(28-15-6-4-9-23-12-15)13-25(18)21(27)19-17-7-3-2-5-14(17)8-10-24-19/h2-10,12,16,18H,11,13H2,1H3,(H,22,26)/t16-,18-/m0/s1. The van der Waals surface area contributed by atoms with E-state index < -0.39 is 6.04 Å². The van der Waals surface area contributed by atoms with Gasteiger partial charge in [-0.25, -0.2) is 0 Å². The number of aromatic nitrogens is 2. The van der Waals surface area contributed by atoms with E-state index in [-0.39, 0.29) is 17.9 Å². The topological polar surface area (TPSA) is 84.4 Å². The average molecular weight is 376 g/mol. The molecule has 1 aliphatic heterocycles. The summed E-state index contributed by atoms with van der Waals surface area (Å²) in [5.74, 6) is 0.120. The number of nitrogens with zero attached hydrogens (tertiary/aromatic N) is 3. The van der Waals surface area contributed by atoms with Crippen LogP contribution in [0.5, 0.6) is 5.75 Å². The Morgan fingerprint density at radius 3 is 2.79 bits per heavy atom. The monoisotopic (exact) mass is 376 g/mol. The van der Waals surface area contributed by atoms with Crippen LogP contribution in [-0.4, -0.2) is 52.4 Å². The van der Waals surface area contributed by atoms with Crippen molar-refractivity contribution in [3.8, 4) is 5.75 Å². The molecule has 1 saturated heterocycles. The zero-order chi connectivity index (χ0) is 19.5. The van der Waals surface area contributed by atoms with Gasteiger partial charge in [0.15, 0.2) is 0 Å². The Kier molecular flexibility index (Phi) is 4.89. The zero-order valence-corrected chi connectivity index (χ0v) is 15.4. The largest absolute Gasteiger partial charge is 0.487 e. The molecule has 0 saturated carbocycles. The van der Waals surface area contributed by atoms with Crippen molar-refractivity contribution in [1.29, 1.82) is 0 Å². The van der Waals surface area contributed by atoms with Crippen molar-refractivity contribution in [1.82, 2.24) is 20.2 Å². The Morgan fingerprint density at radius 2 is 2.00 bits per heavy atom. The molecule has 1 N–H and O–H groups in total. The van der Waals surface area contributed by atoms with Crippen molar-refractivity contribution in [2.75, 3.05) is 13.6 Å². The number of benzene rings is 1. The number of nitrogens with one attached hydrogen (secondary N) is 1. The number of hydrogen-bond acceptors (Lipinski definition) is 5. The Bertz CT molecular complexity index is 1000. The van der Waals surface area contributed by atoms with Crippen molar-refractivity contribution in [3.63, 3.8) is 0 Å². The Morgan fingerprint density at radius 1 is 1.14 bits per heavy atom. The van der Waals surface area contributed by atoms with E-state index in [1.807, 2.05) is 30.3 Å². The molecule has 4 rings (SSSR count). The molecule has 3 aromatic rings. The fourth-order valence-corrected chi connectivity index (χ4v) is 3.56. The molecular weight excluding hydrogens is 356 g/mol. The normalized spacial score (nSPS) is 18.8. The van der Waals surface area contributed by atoms with E-state index in [1.54, 1.807) is 42.7 Å². The van der Waals surface area contributed by atoms with E-state index in [4.69, 9.17) is 4.74 Å². The van der Waals surface area contributed by atoms with Crippen LogP contribution in [0.15, 0.2) is 61.1 Å². The Balaban J connectivity index is 1.63. The van der Waals surface area contributed by atoms with E-state index in [0.717, 1.165) is 10.8 Å². The van der Waals surface area contributed by atoms with E-state index >= 15 is 0 Å². The Hall–Kier alpha value is -3.48. The summed E-state index contributed by atoms with van der Waals surface area (Å²) in [6.07, 6.45) is 5.00. The summed E-state index contributed by atoms with van der Waals surface area (Å²) >= 11 is 0. The van der Waals surface area contributed by atoms with Crippen LogP contribution in [0.2, 0.25) is 0 Å². The van der Waals surface area contributed by atoms with Crippen LogP contribution < -0.4 is 10.1 Å². The maximum absolute atomic E-state index is 13.3. The molecule has 0 bridgehead atoms. The lowest BCUT2D eigenvalue weighted by Crippen LogP contribution is -2.45. The number of carbonyl (C=O) groups is 2. The van der Waals surface area contributed by atoms with E-state index in [9.17, 15) is 9.59 Å². The minimum atomic E-state index is -0.611. The van der Waals surface area contributed by atoms with Gasteiger partial charge in [0.25, 0.3) is 5.91 Å². The summed E-state index contributed by atoms with van der Waals surface area (Å²) in [6, 6.07) is 12.4. The minimum absolute atomic E-state index is 0.217. The number of likely N-dealkylation sites (N-methyl/N-ethyl adjacent to an activating group) is 1. The molecule has 7 heteroatoms. The highest BCUT2D eigenvalue weighted by atomic mass is 16.5. The summed E-state index contributed by atoms with van der Waals surface area (Å²) in [6.45, 7) is 0.302. The number of hydrogen-bond donors (Lipinski definition) is 1. The molecule has 1 aromatic carbocycles. The quantitative estimate of drug-likeness (QED) is 0.753. The number of pyridine rings is 2. The van der Waals surface area contributed by atoms with E-state index in [1.165, 1.54) is 0 Å². The van der Waals surface area contributed by atoms with Crippen molar-refractivity contribution < 1.29 is 14.3 Å². The van der Waals surface area contributed by atoms with Crippen LogP contribution in [0.4, 0.5) is 0 Å². The van der Waals surface area contributed by atoms with Crippen molar-refractivity contribution in [3.05, 3.63) is 66.7 Å². The lowest BCUT2D eigenvalue weighted by molar-refractivity contribution is -0.124. The van der Waals surface area contributed by atoms with Crippen LogP contribution in [0.25, 0.3) is 10.8 Å². The maximum atomic E-state index is 13.3. The molecule has 0 unspecified atom stereocenters. The van der Waals surface area contributed by atoms with Gasteiger partial charge in [-0.15, -0.1) is 0 Å². The third-order valence-electron chi connectivity index (χ3n) is 4.89. The molecule has 142 valence electrons. The highest BCUT2D eigenvalue weighted by Crippen LogP contribution is 2.26. The molecule has 2 atom stereocenters. The van der Waals surface area contributed by atoms with Gasteiger partial charge in [0.05, 0.1) is 12.7 Å². The molecule has 7 nitrogen and oxygen atoms in total. The number of ether oxygens (including phenoxy) is 1. The SMILES string of the molecule is CNC(=O)[C@@H]1C[C@H](Oc2cccnc2)CN1C(=O)c1nccc2ccccc12. The van der Waals surface area contributed by atoms with Crippen LogP contribution in [0, 0.1) is 0 Å². The second-order valence-electron chi connectivity index (χ2n) is 6.63.